The number of aromatic nitrogens is 2. The molecular formula is C27H36FN2O6+. The summed E-state index contributed by atoms with van der Waals surface area (Å²) in [5.41, 5.74) is -1.24. The number of carbonyl (C=O) groups is 1. The van der Waals surface area contributed by atoms with E-state index in [9.17, 15) is 9.90 Å². The Labute approximate surface area is 210 Å². The van der Waals surface area contributed by atoms with Crippen molar-refractivity contribution in [3.05, 3.63) is 23.0 Å². The van der Waals surface area contributed by atoms with Crippen LogP contribution in [0.15, 0.2) is 11.8 Å². The first-order valence-corrected chi connectivity index (χ1v) is 13.2. The van der Waals surface area contributed by atoms with E-state index in [0.717, 1.165) is 29.7 Å². The molecule has 4 aliphatic carbocycles. The normalized spacial score (nSPS) is 51.1. The van der Waals surface area contributed by atoms with Crippen molar-refractivity contribution in [2.45, 2.75) is 83.0 Å². The smallest absolute Gasteiger partial charge is 0.279 e. The summed E-state index contributed by atoms with van der Waals surface area (Å²) < 4.78 is 43.6. The van der Waals surface area contributed by atoms with Crippen LogP contribution in [0.25, 0.3) is 6.08 Å². The first-order chi connectivity index (χ1) is 17.0. The number of hydrogen-bond acceptors (Lipinski definition) is 6. The maximum Gasteiger partial charge on any atom is 0.279 e. The van der Waals surface area contributed by atoms with Crippen molar-refractivity contribution < 1.29 is 38.3 Å². The van der Waals surface area contributed by atoms with Gasteiger partial charge in [0.15, 0.2) is 13.6 Å². The second kappa shape index (κ2) is 7.05. The molecule has 3 heterocycles. The quantitative estimate of drug-likeness (QED) is 0.585. The fourth-order valence-corrected chi connectivity index (χ4v) is 9.80. The van der Waals surface area contributed by atoms with Crippen molar-refractivity contribution in [2.24, 2.45) is 28.6 Å². The number of ether oxygens (including phenoxy) is 4. The minimum atomic E-state index is -1.80. The Morgan fingerprint density at radius 3 is 2.72 bits per heavy atom. The van der Waals surface area contributed by atoms with Gasteiger partial charge in [0.2, 0.25) is 11.5 Å². The van der Waals surface area contributed by atoms with Gasteiger partial charge in [-0.3, -0.25) is 4.79 Å². The highest BCUT2D eigenvalue weighted by Crippen LogP contribution is 2.74. The summed E-state index contributed by atoms with van der Waals surface area (Å²) in [6.45, 7) is 8.30. The fourth-order valence-electron chi connectivity index (χ4n) is 9.80. The molecule has 2 aliphatic heterocycles. The minimum absolute atomic E-state index is 0.00294. The summed E-state index contributed by atoms with van der Waals surface area (Å²) >= 11 is 0. The van der Waals surface area contributed by atoms with Crippen LogP contribution < -0.4 is 5.10 Å². The molecule has 3 saturated carbocycles. The third-order valence-electron chi connectivity index (χ3n) is 11.3. The number of hydrogen-bond donors (Lipinski definition) is 1. The van der Waals surface area contributed by atoms with Gasteiger partial charge in [-0.05, 0) is 43.9 Å². The highest BCUT2D eigenvalue weighted by atomic mass is 19.1. The number of carbonyl (C=O) groups excluding carboxylic acids is 1. The number of allylic oxidation sites excluding steroid dienone is 1. The van der Waals surface area contributed by atoms with Crippen LogP contribution >= 0.6 is 0 Å². The minimum Gasteiger partial charge on any atom is -0.390 e. The molecule has 2 saturated heterocycles. The number of aliphatic hydroxyl groups excluding tert-OH is 1. The lowest BCUT2D eigenvalue weighted by molar-refractivity contribution is -0.474. The summed E-state index contributed by atoms with van der Waals surface area (Å²) in [5.74, 6) is -1.43. The molecule has 0 radical (unpaired) electrons. The SMILES string of the molecule is CC(=O)n1cc2c([nH+]1)C=C1CC[C@H]3[C@@H]4C[C@@H](C)[C@@]5(OCOC56COCO6)[C@@]4(C)C[C@H](O)[C@]3(F)[C@@]1(C)C2. The molecule has 9 heteroatoms. The highest BCUT2D eigenvalue weighted by Gasteiger charge is 2.81. The molecule has 7 rings (SSSR count). The van der Waals surface area contributed by atoms with E-state index in [1.807, 2.05) is 13.0 Å². The number of H-pyrrole nitrogens is 1. The molecular weight excluding hydrogens is 467 g/mol. The molecule has 0 amide bonds. The van der Waals surface area contributed by atoms with E-state index in [1.165, 1.54) is 11.6 Å². The molecule has 1 aromatic heterocycles. The number of nitrogens with zero attached hydrogens (tertiary/aromatic N) is 1. The summed E-state index contributed by atoms with van der Waals surface area (Å²) in [6, 6.07) is 0. The van der Waals surface area contributed by atoms with Crippen molar-refractivity contribution in [1.29, 1.82) is 0 Å². The Hall–Kier alpha value is -1.65. The number of nitrogens with one attached hydrogen (secondary N) is 1. The molecule has 0 bridgehead atoms. The van der Waals surface area contributed by atoms with Crippen LogP contribution in [0.5, 0.6) is 0 Å². The lowest BCUT2D eigenvalue weighted by atomic mass is 9.43. The molecule has 1 aromatic rings. The number of halogens is 1. The van der Waals surface area contributed by atoms with Crippen LogP contribution in [0.4, 0.5) is 4.39 Å². The zero-order valence-corrected chi connectivity index (χ0v) is 21.4. The molecule has 8 nitrogen and oxygen atoms in total. The average Bonchev–Trinajstić information content (AvgIpc) is 3.58. The Balaban J connectivity index is 1.32. The fraction of sp³-hybridized carbons (Fsp3) is 0.778. The van der Waals surface area contributed by atoms with Gasteiger partial charge >= 0.3 is 0 Å². The van der Waals surface area contributed by atoms with Crippen LogP contribution in [0, 0.1) is 28.6 Å². The van der Waals surface area contributed by atoms with Crippen LogP contribution in [-0.2, 0) is 25.4 Å². The van der Waals surface area contributed by atoms with E-state index in [0.29, 0.717) is 12.8 Å². The second-order valence-electron chi connectivity index (χ2n) is 12.5. The predicted octanol–water partition coefficient (Wildman–Crippen LogP) is 2.90. The summed E-state index contributed by atoms with van der Waals surface area (Å²) in [7, 11) is 0. The summed E-state index contributed by atoms with van der Waals surface area (Å²) in [4.78, 5) is 12.0. The molecule has 196 valence electrons. The van der Waals surface area contributed by atoms with Gasteiger partial charge in [0.1, 0.15) is 17.9 Å². The Kier molecular flexibility index (Phi) is 4.60. The van der Waals surface area contributed by atoms with Crippen molar-refractivity contribution in [3.8, 4) is 0 Å². The lowest BCUT2D eigenvalue weighted by Crippen LogP contribution is -2.72. The summed E-state index contributed by atoms with van der Waals surface area (Å²) in [6.07, 6.45) is 5.52. The number of fused-ring (bicyclic) bond motifs is 8. The van der Waals surface area contributed by atoms with E-state index >= 15 is 4.39 Å². The maximum atomic E-state index is 17.9. The second-order valence-corrected chi connectivity index (χ2v) is 12.5. The van der Waals surface area contributed by atoms with E-state index in [-0.39, 0.29) is 50.3 Å². The number of aliphatic hydroxyl groups is 1. The molecule has 5 fully saturated rings. The Morgan fingerprint density at radius 2 is 2.00 bits per heavy atom. The highest BCUT2D eigenvalue weighted by molar-refractivity contribution is 5.74. The van der Waals surface area contributed by atoms with Crippen LogP contribution in [-0.4, -0.2) is 59.0 Å². The van der Waals surface area contributed by atoms with Gasteiger partial charge in [0, 0.05) is 35.3 Å². The molecule has 2 N–H and O–H groups in total. The maximum absolute atomic E-state index is 17.9. The van der Waals surface area contributed by atoms with Crippen LogP contribution in [0.1, 0.15) is 69.4 Å². The predicted molar refractivity (Wildman–Crippen MR) is 124 cm³/mol. The zero-order valence-electron chi connectivity index (χ0n) is 21.4. The monoisotopic (exact) mass is 503 g/mol. The van der Waals surface area contributed by atoms with Gasteiger partial charge in [0.25, 0.3) is 5.91 Å². The van der Waals surface area contributed by atoms with Gasteiger partial charge in [0.05, 0.1) is 12.3 Å². The van der Waals surface area contributed by atoms with Crippen molar-refractivity contribution in [3.63, 3.8) is 0 Å². The largest absolute Gasteiger partial charge is 0.390 e. The third-order valence-corrected chi connectivity index (χ3v) is 11.3. The van der Waals surface area contributed by atoms with E-state index in [4.69, 9.17) is 18.9 Å². The van der Waals surface area contributed by atoms with E-state index in [2.05, 4.69) is 18.9 Å². The zero-order chi connectivity index (χ0) is 25.3. The first kappa shape index (κ1) is 23.5. The van der Waals surface area contributed by atoms with Crippen LogP contribution in [0.3, 0.4) is 0 Å². The number of rotatable bonds is 0. The van der Waals surface area contributed by atoms with Gasteiger partial charge in [-0.15, -0.1) is 5.10 Å². The Bertz CT molecular complexity index is 1170. The first-order valence-electron chi connectivity index (χ1n) is 13.2. The van der Waals surface area contributed by atoms with Gasteiger partial charge < -0.3 is 24.1 Å². The number of alkyl halides is 1. The lowest BCUT2D eigenvalue weighted by Gasteiger charge is -2.64. The standard InChI is InChI=1S/C27H35FN2O6/c1-15-7-20-19-6-5-18-8-21-17(11-30(29-21)16(2)31)9-23(18,3)26(19,28)22(32)10-24(20,4)27(15)25(35-14-36-27)12-33-13-34-25/h8,11,15,19-20,22,32H,5-7,9-10,12-14H2,1-4H3/p+1/t15-,19+,20+,22+,23+,24+,25?,26+,27-/m1/s1. The molecule has 2 spiro atoms. The molecule has 1 unspecified atom stereocenters. The van der Waals surface area contributed by atoms with Gasteiger partial charge in [-0.1, -0.05) is 31.0 Å². The molecule has 9 atom stereocenters. The molecule has 36 heavy (non-hydrogen) atoms. The molecule has 0 aromatic carbocycles. The summed E-state index contributed by atoms with van der Waals surface area (Å²) in [5, 5.41) is 15.0. The number of aromatic amines is 1. The topological polar surface area (TPSA) is 93.3 Å². The average molecular weight is 504 g/mol. The van der Waals surface area contributed by atoms with Gasteiger partial charge in [-0.25, -0.2) is 4.39 Å². The van der Waals surface area contributed by atoms with Crippen molar-refractivity contribution in [2.75, 3.05) is 20.2 Å². The van der Waals surface area contributed by atoms with E-state index < -0.39 is 34.0 Å². The van der Waals surface area contributed by atoms with Crippen molar-refractivity contribution >= 4 is 12.0 Å². The molecule has 6 aliphatic rings. The van der Waals surface area contributed by atoms with Crippen LogP contribution in [0.2, 0.25) is 0 Å². The van der Waals surface area contributed by atoms with Gasteiger partial charge in [-0.2, -0.15) is 0 Å². The Morgan fingerprint density at radius 1 is 1.22 bits per heavy atom. The van der Waals surface area contributed by atoms with Crippen molar-refractivity contribution in [1.82, 2.24) is 4.68 Å². The van der Waals surface area contributed by atoms with E-state index in [1.54, 1.807) is 6.20 Å². The third kappa shape index (κ3) is 2.39.